The van der Waals surface area contributed by atoms with Gasteiger partial charge < -0.3 is 4.74 Å². The van der Waals surface area contributed by atoms with E-state index < -0.39 is 17.4 Å². The summed E-state index contributed by atoms with van der Waals surface area (Å²) in [6.07, 6.45) is 0. The van der Waals surface area contributed by atoms with Crippen LogP contribution in [-0.4, -0.2) is 46.5 Å². The van der Waals surface area contributed by atoms with Crippen LogP contribution in [-0.2, 0) is 9.53 Å². The van der Waals surface area contributed by atoms with Gasteiger partial charge in [0.05, 0.1) is 12.1 Å². The van der Waals surface area contributed by atoms with E-state index in [9.17, 15) is 14.4 Å². The lowest BCUT2D eigenvalue weighted by Crippen LogP contribution is -2.59. The molecule has 0 bridgehead atoms. The number of carbonyl (C=O) groups is 3. The quantitative estimate of drug-likeness (QED) is 0.586. The van der Waals surface area contributed by atoms with E-state index in [1.165, 1.54) is 10.0 Å². The van der Waals surface area contributed by atoms with Gasteiger partial charge in [-0.1, -0.05) is 36.4 Å². The topological polar surface area (TPSA) is 66.9 Å². The summed E-state index contributed by atoms with van der Waals surface area (Å²) in [5.74, 6) is -1.41. The molecule has 2 rings (SSSR count). The summed E-state index contributed by atoms with van der Waals surface area (Å²) in [7, 11) is 0. The van der Waals surface area contributed by atoms with Crippen LogP contribution < -0.4 is 0 Å². The number of rotatable bonds is 5. The molecule has 2 amide bonds. The highest BCUT2D eigenvalue weighted by atomic mass is 16.5. The van der Waals surface area contributed by atoms with Gasteiger partial charge in [0, 0.05) is 11.1 Å². The van der Waals surface area contributed by atoms with Crippen molar-refractivity contribution >= 4 is 17.8 Å². The second-order valence-corrected chi connectivity index (χ2v) is 7.19. The lowest BCUT2D eigenvalue weighted by molar-refractivity contribution is -0.148. The van der Waals surface area contributed by atoms with Gasteiger partial charge in [-0.3, -0.25) is 14.4 Å². The first kappa shape index (κ1) is 21.2. The molecular weight excluding hydrogens is 356 g/mol. The summed E-state index contributed by atoms with van der Waals surface area (Å²) in [6.45, 7) is 6.95. The van der Waals surface area contributed by atoms with Crippen LogP contribution in [0.4, 0.5) is 0 Å². The summed E-state index contributed by atoms with van der Waals surface area (Å²) in [6, 6.07) is 17.2. The van der Waals surface area contributed by atoms with Gasteiger partial charge in [0.25, 0.3) is 11.8 Å². The van der Waals surface area contributed by atoms with E-state index in [-0.39, 0.29) is 19.1 Å². The van der Waals surface area contributed by atoms with E-state index in [0.717, 1.165) is 0 Å². The minimum absolute atomic E-state index is 0.189. The molecule has 6 heteroatoms. The van der Waals surface area contributed by atoms with Gasteiger partial charge in [0.15, 0.2) is 0 Å². The largest absolute Gasteiger partial charge is 0.465 e. The number of hydrogen-bond acceptors (Lipinski definition) is 4. The molecule has 6 nitrogen and oxygen atoms in total. The molecule has 0 radical (unpaired) electrons. The first-order valence-electron chi connectivity index (χ1n) is 9.17. The highest BCUT2D eigenvalue weighted by Crippen LogP contribution is 2.22. The zero-order valence-electron chi connectivity index (χ0n) is 16.7. The van der Waals surface area contributed by atoms with Gasteiger partial charge in [-0.15, -0.1) is 0 Å². The van der Waals surface area contributed by atoms with Crippen LogP contribution in [0, 0.1) is 0 Å². The Morgan fingerprint density at radius 3 is 1.71 bits per heavy atom. The van der Waals surface area contributed by atoms with Crippen LogP contribution in [0.15, 0.2) is 60.7 Å². The number of benzene rings is 2. The Morgan fingerprint density at radius 1 is 0.821 bits per heavy atom. The molecule has 0 atom stereocenters. The van der Waals surface area contributed by atoms with Crippen molar-refractivity contribution in [3.8, 4) is 0 Å². The van der Waals surface area contributed by atoms with Crippen molar-refractivity contribution in [3.63, 3.8) is 0 Å². The number of nitrogens with zero attached hydrogens (tertiary/aromatic N) is 2. The van der Waals surface area contributed by atoms with Crippen molar-refractivity contribution in [2.75, 3.05) is 13.2 Å². The Balaban J connectivity index is 2.50. The minimum Gasteiger partial charge on any atom is -0.465 e. The van der Waals surface area contributed by atoms with Crippen LogP contribution >= 0.6 is 0 Å². The SMILES string of the molecule is CCOC(=O)CN(C(=O)c1ccccc1)N(C(=O)c1ccccc1)C(C)(C)C. The van der Waals surface area contributed by atoms with Crippen molar-refractivity contribution in [3.05, 3.63) is 71.8 Å². The lowest BCUT2D eigenvalue weighted by atomic mass is 10.1. The molecule has 0 saturated carbocycles. The molecule has 0 aliphatic carbocycles. The summed E-state index contributed by atoms with van der Waals surface area (Å²) in [5, 5.41) is 2.50. The van der Waals surface area contributed by atoms with Crippen molar-refractivity contribution < 1.29 is 19.1 Å². The third-order valence-corrected chi connectivity index (χ3v) is 3.93. The zero-order chi connectivity index (χ0) is 20.7. The van der Waals surface area contributed by atoms with Gasteiger partial charge in [-0.05, 0) is 52.0 Å². The number of carbonyl (C=O) groups excluding carboxylic acids is 3. The van der Waals surface area contributed by atoms with Crippen LogP contribution in [0.3, 0.4) is 0 Å². The second-order valence-electron chi connectivity index (χ2n) is 7.19. The van der Waals surface area contributed by atoms with Gasteiger partial charge in [0.1, 0.15) is 6.54 Å². The summed E-state index contributed by atoms with van der Waals surface area (Å²) in [5.41, 5.74) is 0.0400. The van der Waals surface area contributed by atoms with Crippen LogP contribution in [0.25, 0.3) is 0 Å². The molecule has 0 fully saturated rings. The molecule has 0 heterocycles. The number of amides is 2. The average Bonchev–Trinajstić information content (AvgIpc) is 2.67. The molecule has 148 valence electrons. The number of hydrazine groups is 1. The predicted octanol–water partition coefficient (Wildman–Crippen LogP) is 3.55. The van der Waals surface area contributed by atoms with Crippen molar-refractivity contribution in [1.29, 1.82) is 0 Å². The fourth-order valence-corrected chi connectivity index (χ4v) is 2.77. The molecule has 2 aromatic rings. The molecule has 0 aliphatic heterocycles. The highest BCUT2D eigenvalue weighted by molar-refractivity contribution is 6.00. The molecule has 0 spiro atoms. The normalized spacial score (nSPS) is 10.9. The Bertz CT molecular complexity index is 813. The molecular formula is C22H26N2O4. The van der Waals surface area contributed by atoms with Gasteiger partial charge >= 0.3 is 5.97 Å². The number of esters is 1. The fraction of sp³-hybridized carbons (Fsp3) is 0.318. The monoisotopic (exact) mass is 382 g/mol. The Morgan fingerprint density at radius 2 is 1.29 bits per heavy atom. The van der Waals surface area contributed by atoms with Crippen molar-refractivity contribution in [1.82, 2.24) is 10.0 Å². The molecule has 0 aliphatic rings. The third kappa shape index (κ3) is 5.19. The van der Waals surface area contributed by atoms with Crippen molar-refractivity contribution in [2.45, 2.75) is 33.2 Å². The maximum atomic E-state index is 13.3. The average molecular weight is 382 g/mol. The summed E-state index contributed by atoms with van der Waals surface area (Å²) >= 11 is 0. The zero-order valence-corrected chi connectivity index (χ0v) is 16.7. The van der Waals surface area contributed by atoms with E-state index >= 15 is 0 Å². The molecule has 0 N–H and O–H groups in total. The molecule has 0 saturated heterocycles. The highest BCUT2D eigenvalue weighted by Gasteiger charge is 2.37. The fourth-order valence-electron chi connectivity index (χ4n) is 2.77. The number of ether oxygens (including phenoxy) is 1. The van der Waals surface area contributed by atoms with Gasteiger partial charge in [0.2, 0.25) is 0 Å². The standard InChI is InChI=1S/C22H26N2O4/c1-5-28-19(25)16-23(20(26)17-12-8-6-9-13-17)24(22(2,3)4)21(27)18-14-10-7-11-15-18/h6-15H,5,16H2,1-4H3. The van der Waals surface area contributed by atoms with E-state index in [1.54, 1.807) is 61.5 Å². The maximum Gasteiger partial charge on any atom is 0.327 e. The molecule has 0 unspecified atom stereocenters. The van der Waals surface area contributed by atoms with Gasteiger partial charge in [-0.2, -0.15) is 0 Å². The lowest BCUT2D eigenvalue weighted by Gasteiger charge is -2.43. The molecule has 0 aromatic heterocycles. The second kappa shape index (κ2) is 9.17. The van der Waals surface area contributed by atoms with E-state index in [2.05, 4.69) is 0 Å². The first-order chi connectivity index (χ1) is 13.3. The first-order valence-corrected chi connectivity index (χ1v) is 9.17. The summed E-state index contributed by atoms with van der Waals surface area (Å²) < 4.78 is 5.04. The van der Waals surface area contributed by atoms with Gasteiger partial charge in [-0.25, -0.2) is 10.0 Å². The summed E-state index contributed by atoms with van der Waals surface area (Å²) in [4.78, 5) is 38.7. The smallest absolute Gasteiger partial charge is 0.327 e. The van der Waals surface area contributed by atoms with E-state index in [0.29, 0.717) is 11.1 Å². The molecule has 28 heavy (non-hydrogen) atoms. The van der Waals surface area contributed by atoms with E-state index in [1.807, 2.05) is 26.8 Å². The Labute approximate surface area is 165 Å². The molecule has 2 aromatic carbocycles. The van der Waals surface area contributed by atoms with Crippen LogP contribution in [0.5, 0.6) is 0 Å². The maximum absolute atomic E-state index is 13.3. The third-order valence-electron chi connectivity index (χ3n) is 3.93. The van der Waals surface area contributed by atoms with Crippen LogP contribution in [0.2, 0.25) is 0 Å². The van der Waals surface area contributed by atoms with Crippen LogP contribution in [0.1, 0.15) is 48.4 Å². The Kier molecular flexibility index (Phi) is 6.93. The Hall–Kier alpha value is -3.15. The number of hydrogen-bond donors (Lipinski definition) is 0. The predicted molar refractivity (Wildman–Crippen MR) is 106 cm³/mol. The van der Waals surface area contributed by atoms with Crippen molar-refractivity contribution in [2.24, 2.45) is 0 Å². The minimum atomic E-state index is -0.760. The van der Waals surface area contributed by atoms with E-state index in [4.69, 9.17) is 4.74 Å².